The lowest BCUT2D eigenvalue weighted by Crippen LogP contribution is -2.42. The third-order valence-corrected chi connectivity index (χ3v) is 4.38. The number of benzene rings is 1. The molecule has 2 heterocycles. The van der Waals surface area contributed by atoms with Crippen LogP contribution in [-0.4, -0.2) is 46.6 Å². The summed E-state index contributed by atoms with van der Waals surface area (Å²) in [7, 11) is 0. The highest BCUT2D eigenvalue weighted by Gasteiger charge is 2.27. The minimum absolute atomic E-state index is 0.0950. The maximum atomic E-state index is 12.7. The molecule has 1 unspecified atom stereocenters. The Labute approximate surface area is 150 Å². The lowest BCUT2D eigenvalue weighted by Gasteiger charge is -2.33. The number of carbonyl (C=O) groups is 2. The second-order valence-corrected chi connectivity index (χ2v) is 6.23. The highest BCUT2D eigenvalue weighted by Crippen LogP contribution is 2.24. The van der Waals surface area contributed by atoms with E-state index in [4.69, 9.17) is 21.4 Å². The number of ether oxygens (including phenoxy) is 1. The summed E-state index contributed by atoms with van der Waals surface area (Å²) >= 11 is 5.90. The van der Waals surface area contributed by atoms with Gasteiger partial charge in [0.15, 0.2) is 0 Å². The van der Waals surface area contributed by atoms with Crippen LogP contribution in [0.1, 0.15) is 38.2 Å². The zero-order chi connectivity index (χ0) is 18.0. The van der Waals surface area contributed by atoms with Gasteiger partial charge in [-0.05, 0) is 36.8 Å². The SMILES string of the molecule is Cc1nc(C(=O)N2CCOC(c3ccc(Cl)cc3)C2)ccc1C(=O)O. The van der Waals surface area contributed by atoms with Crippen LogP contribution in [0.4, 0.5) is 0 Å². The number of pyridine rings is 1. The quantitative estimate of drug-likeness (QED) is 0.910. The number of morpholine rings is 1. The van der Waals surface area contributed by atoms with Crippen LogP contribution in [0.3, 0.4) is 0 Å². The number of hydrogen-bond donors (Lipinski definition) is 1. The van der Waals surface area contributed by atoms with E-state index >= 15 is 0 Å². The summed E-state index contributed by atoms with van der Waals surface area (Å²) in [5.41, 5.74) is 1.60. The van der Waals surface area contributed by atoms with Crippen molar-refractivity contribution in [2.75, 3.05) is 19.7 Å². The third kappa shape index (κ3) is 3.81. The Bertz CT molecular complexity index is 807. The Morgan fingerprint density at radius 3 is 2.60 bits per heavy atom. The van der Waals surface area contributed by atoms with E-state index in [1.807, 2.05) is 12.1 Å². The average Bonchev–Trinajstić information content (AvgIpc) is 2.61. The maximum Gasteiger partial charge on any atom is 0.337 e. The summed E-state index contributed by atoms with van der Waals surface area (Å²) in [5.74, 6) is -1.29. The van der Waals surface area contributed by atoms with E-state index in [2.05, 4.69) is 4.98 Å². The van der Waals surface area contributed by atoms with E-state index in [0.717, 1.165) is 5.56 Å². The highest BCUT2D eigenvalue weighted by atomic mass is 35.5. The van der Waals surface area contributed by atoms with Crippen LogP contribution in [0.15, 0.2) is 36.4 Å². The normalized spacial score (nSPS) is 17.4. The topological polar surface area (TPSA) is 79.7 Å². The molecule has 1 saturated heterocycles. The lowest BCUT2D eigenvalue weighted by atomic mass is 10.1. The number of aryl methyl sites for hydroxylation is 1. The fourth-order valence-corrected chi connectivity index (χ4v) is 2.91. The second-order valence-electron chi connectivity index (χ2n) is 5.80. The molecule has 6 nitrogen and oxygen atoms in total. The first kappa shape index (κ1) is 17.4. The predicted octanol–water partition coefficient (Wildman–Crippen LogP) is 2.96. The molecule has 0 saturated carbocycles. The molecule has 0 aliphatic carbocycles. The Hall–Kier alpha value is -2.44. The van der Waals surface area contributed by atoms with Crippen molar-refractivity contribution in [3.05, 3.63) is 63.9 Å². The molecule has 2 aromatic rings. The molecule has 0 radical (unpaired) electrons. The van der Waals surface area contributed by atoms with Gasteiger partial charge in [0.25, 0.3) is 5.91 Å². The Morgan fingerprint density at radius 1 is 1.24 bits per heavy atom. The molecule has 3 rings (SSSR count). The number of aromatic carboxylic acids is 1. The van der Waals surface area contributed by atoms with E-state index in [1.165, 1.54) is 12.1 Å². The van der Waals surface area contributed by atoms with Crippen molar-refractivity contribution in [2.45, 2.75) is 13.0 Å². The molecule has 1 amide bonds. The number of rotatable bonds is 3. The fourth-order valence-electron chi connectivity index (χ4n) is 2.78. The fraction of sp³-hybridized carbons (Fsp3) is 0.278. The highest BCUT2D eigenvalue weighted by molar-refractivity contribution is 6.30. The number of aromatic nitrogens is 1. The van der Waals surface area contributed by atoms with Gasteiger partial charge in [0.1, 0.15) is 11.8 Å². The van der Waals surface area contributed by atoms with E-state index in [-0.39, 0.29) is 23.3 Å². The van der Waals surface area contributed by atoms with Crippen molar-refractivity contribution in [1.82, 2.24) is 9.88 Å². The van der Waals surface area contributed by atoms with Gasteiger partial charge in [0.2, 0.25) is 0 Å². The first-order valence-electron chi connectivity index (χ1n) is 7.83. The van der Waals surface area contributed by atoms with Gasteiger partial charge >= 0.3 is 5.97 Å². The van der Waals surface area contributed by atoms with E-state index in [1.54, 1.807) is 24.0 Å². The lowest BCUT2D eigenvalue weighted by molar-refractivity contribution is -0.0230. The van der Waals surface area contributed by atoms with Crippen molar-refractivity contribution in [2.24, 2.45) is 0 Å². The van der Waals surface area contributed by atoms with Crippen LogP contribution in [0.2, 0.25) is 5.02 Å². The molecular weight excluding hydrogens is 344 g/mol. The second kappa shape index (κ2) is 7.21. The molecule has 130 valence electrons. The summed E-state index contributed by atoms with van der Waals surface area (Å²) in [6, 6.07) is 10.2. The molecule has 1 N–H and O–H groups in total. The van der Waals surface area contributed by atoms with Gasteiger partial charge in [0.05, 0.1) is 24.4 Å². The zero-order valence-electron chi connectivity index (χ0n) is 13.6. The number of carboxylic acid groups (broad SMARTS) is 1. The number of hydrogen-bond acceptors (Lipinski definition) is 4. The number of amides is 1. The Kier molecular flexibility index (Phi) is 5.01. The smallest absolute Gasteiger partial charge is 0.337 e. The van der Waals surface area contributed by atoms with Crippen molar-refractivity contribution in [1.29, 1.82) is 0 Å². The molecule has 7 heteroatoms. The van der Waals surface area contributed by atoms with Crippen molar-refractivity contribution in [3.8, 4) is 0 Å². The van der Waals surface area contributed by atoms with Gasteiger partial charge in [-0.25, -0.2) is 9.78 Å². The molecule has 0 spiro atoms. The van der Waals surface area contributed by atoms with Crippen LogP contribution in [0.25, 0.3) is 0 Å². The van der Waals surface area contributed by atoms with Crippen LogP contribution in [0, 0.1) is 6.92 Å². The molecule has 1 atom stereocenters. The van der Waals surface area contributed by atoms with Crippen LogP contribution >= 0.6 is 11.6 Å². The van der Waals surface area contributed by atoms with Crippen LogP contribution < -0.4 is 0 Å². The molecule has 1 aromatic carbocycles. The molecule has 1 aliphatic rings. The van der Waals surface area contributed by atoms with E-state index < -0.39 is 5.97 Å². The minimum Gasteiger partial charge on any atom is -0.478 e. The number of carbonyl (C=O) groups excluding carboxylic acids is 1. The van der Waals surface area contributed by atoms with Crippen molar-refractivity contribution >= 4 is 23.5 Å². The third-order valence-electron chi connectivity index (χ3n) is 4.13. The minimum atomic E-state index is -1.06. The number of carboxylic acids is 1. The predicted molar refractivity (Wildman–Crippen MR) is 92.0 cm³/mol. The van der Waals surface area contributed by atoms with Gasteiger partial charge in [-0.2, -0.15) is 0 Å². The summed E-state index contributed by atoms with van der Waals surface area (Å²) in [4.78, 5) is 29.6. The Balaban J connectivity index is 1.77. The van der Waals surface area contributed by atoms with Crippen molar-refractivity contribution in [3.63, 3.8) is 0 Å². The van der Waals surface area contributed by atoms with Crippen molar-refractivity contribution < 1.29 is 19.4 Å². The average molecular weight is 361 g/mol. The van der Waals surface area contributed by atoms with Gasteiger partial charge in [0, 0.05) is 11.6 Å². The summed E-state index contributed by atoms with van der Waals surface area (Å²) in [6.07, 6.45) is -0.227. The number of nitrogens with zero attached hydrogens (tertiary/aromatic N) is 2. The molecule has 1 aliphatic heterocycles. The standard InChI is InChI=1S/C18H17ClN2O4/c1-11-14(18(23)24)6-7-15(20-11)17(22)21-8-9-25-16(10-21)12-2-4-13(19)5-3-12/h2-7,16H,8-10H2,1H3,(H,23,24). The van der Waals surface area contributed by atoms with Crippen LogP contribution in [0.5, 0.6) is 0 Å². The number of halogens is 1. The summed E-state index contributed by atoms with van der Waals surface area (Å²) in [6.45, 7) is 2.87. The monoisotopic (exact) mass is 360 g/mol. The Morgan fingerprint density at radius 2 is 1.96 bits per heavy atom. The van der Waals surface area contributed by atoms with Crippen LogP contribution in [-0.2, 0) is 4.74 Å². The van der Waals surface area contributed by atoms with E-state index in [9.17, 15) is 9.59 Å². The summed E-state index contributed by atoms with van der Waals surface area (Å²) in [5, 5.41) is 9.71. The molecule has 0 bridgehead atoms. The first-order chi connectivity index (χ1) is 12.0. The first-order valence-corrected chi connectivity index (χ1v) is 8.21. The van der Waals surface area contributed by atoms with Gasteiger partial charge in [-0.1, -0.05) is 23.7 Å². The molecular formula is C18H17ClN2O4. The molecule has 1 fully saturated rings. The van der Waals surface area contributed by atoms with E-state index in [0.29, 0.717) is 30.4 Å². The largest absolute Gasteiger partial charge is 0.478 e. The van der Waals surface area contributed by atoms with Gasteiger partial charge in [-0.15, -0.1) is 0 Å². The van der Waals surface area contributed by atoms with Gasteiger partial charge < -0.3 is 14.7 Å². The zero-order valence-corrected chi connectivity index (χ0v) is 14.4. The molecule has 25 heavy (non-hydrogen) atoms. The van der Waals surface area contributed by atoms with Gasteiger partial charge in [-0.3, -0.25) is 4.79 Å². The summed E-state index contributed by atoms with van der Waals surface area (Å²) < 4.78 is 5.76. The molecule has 1 aromatic heterocycles. The maximum absolute atomic E-state index is 12.7.